The number of carbonyl (C=O) groups is 2. The molecule has 3 rings (SSSR count). The molecule has 0 atom stereocenters. The van der Waals surface area contributed by atoms with Crippen LogP contribution in [-0.4, -0.2) is 31.9 Å². The summed E-state index contributed by atoms with van der Waals surface area (Å²) in [5.41, 5.74) is 1.16. The molecule has 8 heteroatoms. The third-order valence-electron chi connectivity index (χ3n) is 3.28. The second-order valence-corrected chi connectivity index (χ2v) is 4.76. The van der Waals surface area contributed by atoms with E-state index in [2.05, 4.69) is 20.3 Å². The van der Waals surface area contributed by atoms with Crippen LogP contribution in [0.1, 0.15) is 26.4 Å². The van der Waals surface area contributed by atoms with Crippen molar-refractivity contribution < 1.29 is 19.1 Å². The third-order valence-corrected chi connectivity index (χ3v) is 3.28. The highest BCUT2D eigenvalue weighted by Gasteiger charge is 2.18. The van der Waals surface area contributed by atoms with Gasteiger partial charge in [0.05, 0.1) is 5.52 Å². The molecule has 3 aromatic rings. The maximum Gasteiger partial charge on any atom is 0.339 e. The number of nitrogens with one attached hydrogen (secondary N) is 2. The molecule has 1 amide bonds. The lowest BCUT2D eigenvalue weighted by atomic mass is 10.2. The predicted octanol–water partition coefficient (Wildman–Crippen LogP) is 1.73. The van der Waals surface area contributed by atoms with Crippen LogP contribution in [0.15, 0.2) is 36.8 Å². The van der Waals surface area contributed by atoms with Crippen molar-refractivity contribution in [3.8, 4) is 0 Å². The number of amides is 1. The SMILES string of the molecule is O=C(O)c1c[nH]c2c(C(=O)NCc3ccc(F)cc3)ncnc12. The monoisotopic (exact) mass is 314 g/mol. The average molecular weight is 314 g/mol. The van der Waals surface area contributed by atoms with Crippen LogP contribution < -0.4 is 5.32 Å². The molecule has 0 saturated carbocycles. The zero-order valence-corrected chi connectivity index (χ0v) is 11.7. The number of aromatic amines is 1. The van der Waals surface area contributed by atoms with E-state index in [9.17, 15) is 14.0 Å². The molecule has 0 fully saturated rings. The Hall–Kier alpha value is -3.29. The van der Waals surface area contributed by atoms with Crippen molar-refractivity contribution in [2.75, 3.05) is 0 Å². The van der Waals surface area contributed by atoms with E-state index < -0.39 is 11.9 Å². The number of aromatic nitrogens is 3. The van der Waals surface area contributed by atoms with Crippen LogP contribution in [0.4, 0.5) is 4.39 Å². The largest absolute Gasteiger partial charge is 0.478 e. The summed E-state index contributed by atoms with van der Waals surface area (Å²) in [7, 11) is 0. The summed E-state index contributed by atoms with van der Waals surface area (Å²) in [6.07, 6.45) is 2.40. The van der Waals surface area contributed by atoms with Crippen LogP contribution in [0.25, 0.3) is 11.0 Å². The number of carbonyl (C=O) groups excluding carboxylic acids is 1. The van der Waals surface area contributed by atoms with E-state index in [-0.39, 0.29) is 34.7 Å². The van der Waals surface area contributed by atoms with E-state index in [1.807, 2.05) is 0 Å². The fourth-order valence-electron chi connectivity index (χ4n) is 2.14. The van der Waals surface area contributed by atoms with Crippen molar-refractivity contribution in [2.24, 2.45) is 0 Å². The van der Waals surface area contributed by atoms with Crippen molar-refractivity contribution in [2.45, 2.75) is 6.54 Å². The minimum atomic E-state index is -1.15. The van der Waals surface area contributed by atoms with Crippen LogP contribution in [0.5, 0.6) is 0 Å². The first-order chi connectivity index (χ1) is 11.1. The number of nitrogens with zero attached hydrogens (tertiary/aromatic N) is 2. The Morgan fingerprint density at radius 2 is 1.96 bits per heavy atom. The molecule has 116 valence electrons. The number of halogens is 1. The first-order valence-corrected chi connectivity index (χ1v) is 6.64. The summed E-state index contributed by atoms with van der Waals surface area (Å²) in [6.45, 7) is 0.192. The van der Waals surface area contributed by atoms with Crippen LogP contribution in [-0.2, 0) is 6.54 Å². The quantitative estimate of drug-likeness (QED) is 0.679. The fourth-order valence-corrected chi connectivity index (χ4v) is 2.14. The van der Waals surface area contributed by atoms with Gasteiger partial charge in [-0.25, -0.2) is 19.2 Å². The highest BCUT2D eigenvalue weighted by molar-refractivity contribution is 6.08. The number of aromatic carboxylic acids is 1. The van der Waals surface area contributed by atoms with Gasteiger partial charge in [0.2, 0.25) is 0 Å². The third kappa shape index (κ3) is 2.86. The highest BCUT2D eigenvalue weighted by Crippen LogP contribution is 2.17. The number of hydrogen-bond donors (Lipinski definition) is 3. The lowest BCUT2D eigenvalue weighted by Gasteiger charge is -2.05. The normalized spacial score (nSPS) is 10.7. The fraction of sp³-hybridized carbons (Fsp3) is 0.0667. The summed E-state index contributed by atoms with van der Waals surface area (Å²) in [5, 5.41) is 11.7. The summed E-state index contributed by atoms with van der Waals surface area (Å²) in [5.74, 6) is -1.99. The first kappa shape index (κ1) is 14.6. The van der Waals surface area contributed by atoms with Crippen molar-refractivity contribution in [3.63, 3.8) is 0 Å². The Kier molecular flexibility index (Phi) is 3.71. The zero-order valence-electron chi connectivity index (χ0n) is 11.7. The molecule has 0 radical (unpaired) electrons. The van der Waals surface area contributed by atoms with Crippen LogP contribution in [0.3, 0.4) is 0 Å². The number of carboxylic acid groups (broad SMARTS) is 1. The molecule has 0 spiro atoms. The second kappa shape index (κ2) is 5.84. The van der Waals surface area contributed by atoms with Gasteiger partial charge < -0.3 is 15.4 Å². The minimum absolute atomic E-state index is 0.0324. The number of carboxylic acids is 1. The molecule has 0 aliphatic carbocycles. The first-order valence-electron chi connectivity index (χ1n) is 6.64. The standard InChI is InChI=1S/C15H11FN4O3/c16-9-3-1-8(2-4-9)5-18-14(21)13-12-11(19-7-20-13)10(6-17-12)15(22)23/h1-4,6-7,17H,5H2,(H,18,21)(H,22,23). The highest BCUT2D eigenvalue weighted by atomic mass is 19.1. The van der Waals surface area contributed by atoms with Crippen LogP contribution >= 0.6 is 0 Å². The molecule has 2 aromatic heterocycles. The molecule has 7 nitrogen and oxygen atoms in total. The molecule has 0 aliphatic heterocycles. The topological polar surface area (TPSA) is 108 Å². The second-order valence-electron chi connectivity index (χ2n) is 4.76. The number of hydrogen-bond acceptors (Lipinski definition) is 4. The molecule has 0 saturated heterocycles. The zero-order chi connectivity index (χ0) is 16.4. The van der Waals surface area contributed by atoms with Gasteiger partial charge in [-0.3, -0.25) is 4.79 Å². The average Bonchev–Trinajstić information content (AvgIpc) is 2.98. The molecular formula is C15H11FN4O3. The van der Waals surface area contributed by atoms with Crippen molar-refractivity contribution in [1.29, 1.82) is 0 Å². The van der Waals surface area contributed by atoms with Gasteiger partial charge in [-0.15, -0.1) is 0 Å². The summed E-state index contributed by atoms with van der Waals surface area (Å²) < 4.78 is 12.8. The molecule has 0 bridgehead atoms. The van der Waals surface area contributed by atoms with E-state index in [0.29, 0.717) is 0 Å². The van der Waals surface area contributed by atoms with Gasteiger partial charge in [0.15, 0.2) is 5.69 Å². The van der Waals surface area contributed by atoms with Gasteiger partial charge in [-0.05, 0) is 17.7 Å². The molecule has 2 heterocycles. The van der Waals surface area contributed by atoms with Gasteiger partial charge in [0, 0.05) is 12.7 Å². The van der Waals surface area contributed by atoms with Gasteiger partial charge in [0.25, 0.3) is 5.91 Å². The lowest BCUT2D eigenvalue weighted by molar-refractivity contribution is 0.0698. The van der Waals surface area contributed by atoms with E-state index in [1.54, 1.807) is 12.1 Å². The van der Waals surface area contributed by atoms with Gasteiger partial charge in [0.1, 0.15) is 23.2 Å². The maximum absolute atomic E-state index is 12.8. The minimum Gasteiger partial charge on any atom is -0.478 e. The Bertz CT molecular complexity index is 889. The lowest BCUT2D eigenvalue weighted by Crippen LogP contribution is -2.24. The maximum atomic E-state index is 12.8. The predicted molar refractivity (Wildman–Crippen MR) is 78.4 cm³/mol. The summed E-state index contributed by atoms with van der Waals surface area (Å²) in [4.78, 5) is 33.8. The molecule has 23 heavy (non-hydrogen) atoms. The van der Waals surface area contributed by atoms with E-state index in [4.69, 9.17) is 5.11 Å². The Balaban J connectivity index is 1.83. The van der Waals surface area contributed by atoms with Crippen LogP contribution in [0.2, 0.25) is 0 Å². The molecule has 3 N–H and O–H groups in total. The van der Waals surface area contributed by atoms with Gasteiger partial charge >= 0.3 is 5.97 Å². The Morgan fingerprint density at radius 3 is 2.65 bits per heavy atom. The van der Waals surface area contributed by atoms with Crippen molar-refractivity contribution in [3.05, 3.63) is 59.4 Å². The summed E-state index contributed by atoms with van der Waals surface area (Å²) >= 11 is 0. The Morgan fingerprint density at radius 1 is 1.22 bits per heavy atom. The number of H-pyrrole nitrogens is 1. The van der Waals surface area contributed by atoms with E-state index >= 15 is 0 Å². The number of fused-ring (bicyclic) bond motifs is 1. The van der Waals surface area contributed by atoms with E-state index in [0.717, 1.165) is 11.9 Å². The van der Waals surface area contributed by atoms with E-state index in [1.165, 1.54) is 18.3 Å². The van der Waals surface area contributed by atoms with Gasteiger partial charge in [-0.2, -0.15) is 0 Å². The van der Waals surface area contributed by atoms with Crippen LogP contribution in [0, 0.1) is 5.82 Å². The number of benzene rings is 1. The number of rotatable bonds is 4. The summed E-state index contributed by atoms with van der Waals surface area (Å²) in [6, 6.07) is 5.72. The van der Waals surface area contributed by atoms with Crippen molar-refractivity contribution in [1.82, 2.24) is 20.3 Å². The molecule has 0 unspecified atom stereocenters. The smallest absolute Gasteiger partial charge is 0.339 e. The molecular weight excluding hydrogens is 303 g/mol. The van der Waals surface area contributed by atoms with Gasteiger partial charge in [-0.1, -0.05) is 12.1 Å². The molecule has 0 aliphatic rings. The Labute approximate surface area is 129 Å². The van der Waals surface area contributed by atoms with Crippen molar-refractivity contribution >= 4 is 22.9 Å². The molecule has 1 aromatic carbocycles.